The van der Waals surface area contributed by atoms with Crippen LogP contribution in [0, 0.1) is 12.3 Å². The summed E-state index contributed by atoms with van der Waals surface area (Å²) in [5, 5.41) is 0. The van der Waals surface area contributed by atoms with E-state index in [0.29, 0.717) is 13.0 Å². The maximum absolute atomic E-state index is 11.7. The molecule has 0 aromatic rings. The fourth-order valence-corrected chi connectivity index (χ4v) is 2.51. The van der Waals surface area contributed by atoms with E-state index in [1.165, 1.54) is 11.8 Å². The Morgan fingerprint density at radius 3 is 3.00 bits per heavy atom. The zero-order valence-electron chi connectivity index (χ0n) is 7.19. The van der Waals surface area contributed by atoms with Crippen LogP contribution in [0.2, 0.25) is 0 Å². The Morgan fingerprint density at radius 1 is 1.83 bits per heavy atom. The second kappa shape index (κ2) is 3.59. The lowest BCUT2D eigenvalue weighted by molar-refractivity contribution is 0.137. The number of rotatable bonds is 1. The van der Waals surface area contributed by atoms with Crippen molar-refractivity contribution in [1.29, 1.82) is 0 Å². The maximum Gasteiger partial charge on any atom is 0.408 e. The van der Waals surface area contributed by atoms with Crippen LogP contribution in [0.5, 0.6) is 0 Å². The van der Waals surface area contributed by atoms with Gasteiger partial charge in [-0.3, -0.25) is 9.05 Å². The molecule has 0 saturated carbocycles. The minimum absolute atomic E-state index is 0.149. The van der Waals surface area contributed by atoms with Gasteiger partial charge in [0.05, 0.1) is 12.6 Å². The maximum atomic E-state index is 11.7. The van der Waals surface area contributed by atoms with E-state index in [1.54, 1.807) is 7.05 Å². The molecular weight excluding hydrogens is 177 g/mol. The predicted octanol–water partition coefficient (Wildman–Crippen LogP) is 1.09. The molecule has 0 bridgehead atoms. The van der Waals surface area contributed by atoms with Crippen molar-refractivity contribution in [3.63, 3.8) is 0 Å². The molecule has 68 valence electrons. The third-order valence-corrected chi connectivity index (χ3v) is 3.93. The molecule has 0 radical (unpaired) electrons. The van der Waals surface area contributed by atoms with E-state index < -0.39 is 7.75 Å². The van der Waals surface area contributed by atoms with Gasteiger partial charge >= 0.3 is 7.75 Å². The van der Waals surface area contributed by atoms with E-state index in [4.69, 9.17) is 15.5 Å². The Hall–Kier alpha value is -0.330. The van der Waals surface area contributed by atoms with Crippen LogP contribution in [0.25, 0.3) is 0 Å². The van der Waals surface area contributed by atoms with Gasteiger partial charge in [0.25, 0.3) is 0 Å². The molecule has 2 atom stereocenters. The molecule has 0 aliphatic carbocycles. The van der Waals surface area contributed by atoms with E-state index in [-0.39, 0.29) is 6.04 Å². The fourth-order valence-electron chi connectivity index (χ4n) is 1.10. The lowest BCUT2D eigenvalue weighted by atomic mass is 10.2. The van der Waals surface area contributed by atoms with Crippen LogP contribution in [0.1, 0.15) is 6.42 Å². The Morgan fingerprint density at radius 2 is 2.50 bits per heavy atom. The predicted molar refractivity (Wildman–Crippen MR) is 45.6 cm³/mol. The van der Waals surface area contributed by atoms with E-state index in [9.17, 15) is 4.57 Å². The van der Waals surface area contributed by atoms with Crippen molar-refractivity contribution in [3.05, 3.63) is 0 Å². The van der Waals surface area contributed by atoms with Gasteiger partial charge in [-0.05, 0) is 13.5 Å². The zero-order chi connectivity index (χ0) is 9.19. The smallest absolute Gasteiger partial charge is 0.300 e. The van der Waals surface area contributed by atoms with Crippen LogP contribution >= 0.6 is 7.75 Å². The van der Waals surface area contributed by atoms with Crippen molar-refractivity contribution in [1.82, 2.24) is 4.67 Å². The second-order valence-electron chi connectivity index (χ2n) is 2.53. The van der Waals surface area contributed by atoms with Crippen LogP contribution < -0.4 is 0 Å². The molecule has 0 amide bonds. The van der Waals surface area contributed by atoms with Gasteiger partial charge in [0.15, 0.2) is 0 Å². The summed E-state index contributed by atoms with van der Waals surface area (Å²) in [4.78, 5) is 0. The Bertz CT molecular complexity index is 248. The summed E-state index contributed by atoms with van der Waals surface area (Å²) in [5.74, 6) is 2.54. The molecule has 0 aromatic carbocycles. The highest BCUT2D eigenvalue weighted by molar-refractivity contribution is 7.51. The van der Waals surface area contributed by atoms with E-state index in [0.717, 1.165) is 0 Å². The van der Waals surface area contributed by atoms with Gasteiger partial charge in [-0.25, -0.2) is 4.57 Å². The standard InChI is InChI=1S/C7H12NO3P/c1-4-7-5-6-11-12(9,10-3)8(7)2/h1,7H,5-6H2,2-3H3. The quantitative estimate of drug-likeness (QED) is 0.457. The average Bonchev–Trinajstić information content (AvgIpc) is 2.10. The first-order valence-corrected chi connectivity index (χ1v) is 5.13. The molecule has 1 aliphatic heterocycles. The summed E-state index contributed by atoms with van der Waals surface area (Å²) in [6, 6.07) is -0.149. The summed E-state index contributed by atoms with van der Waals surface area (Å²) in [5.41, 5.74) is 0. The number of hydrogen-bond donors (Lipinski definition) is 0. The molecule has 1 aliphatic rings. The van der Waals surface area contributed by atoms with E-state index in [1.807, 2.05) is 0 Å². The lowest BCUT2D eigenvalue weighted by Crippen LogP contribution is -2.34. The molecule has 0 N–H and O–H groups in total. The third-order valence-electron chi connectivity index (χ3n) is 1.91. The highest BCUT2D eigenvalue weighted by Crippen LogP contribution is 2.54. The van der Waals surface area contributed by atoms with Crippen molar-refractivity contribution in [2.24, 2.45) is 0 Å². The molecule has 1 saturated heterocycles. The first-order valence-electron chi connectivity index (χ1n) is 3.64. The Balaban J connectivity index is 2.80. The molecule has 5 heteroatoms. The van der Waals surface area contributed by atoms with Crippen molar-refractivity contribution in [2.75, 3.05) is 20.8 Å². The van der Waals surface area contributed by atoms with Crippen molar-refractivity contribution >= 4 is 7.75 Å². The third kappa shape index (κ3) is 1.55. The number of terminal acetylenes is 1. The highest BCUT2D eigenvalue weighted by atomic mass is 31.2. The van der Waals surface area contributed by atoms with Crippen LogP contribution in [0.15, 0.2) is 0 Å². The zero-order valence-corrected chi connectivity index (χ0v) is 8.08. The molecule has 12 heavy (non-hydrogen) atoms. The van der Waals surface area contributed by atoms with Crippen LogP contribution in [0.4, 0.5) is 0 Å². The Labute approximate surface area is 72.4 Å². The monoisotopic (exact) mass is 189 g/mol. The summed E-state index contributed by atoms with van der Waals surface area (Å²) in [6.07, 6.45) is 5.94. The van der Waals surface area contributed by atoms with Gasteiger partial charge in [0, 0.05) is 7.11 Å². The number of nitrogens with zero attached hydrogens (tertiary/aromatic N) is 1. The van der Waals surface area contributed by atoms with Gasteiger partial charge in [0.2, 0.25) is 0 Å². The van der Waals surface area contributed by atoms with Crippen molar-refractivity contribution in [3.8, 4) is 12.3 Å². The molecule has 1 rings (SSSR count). The molecule has 2 unspecified atom stereocenters. The Kier molecular flexibility index (Phi) is 2.92. The SMILES string of the molecule is C#CC1CCOP(=O)(OC)N1C. The highest BCUT2D eigenvalue weighted by Gasteiger charge is 2.37. The molecule has 1 fully saturated rings. The minimum Gasteiger partial charge on any atom is -0.300 e. The van der Waals surface area contributed by atoms with Gasteiger partial charge in [-0.2, -0.15) is 4.67 Å². The minimum atomic E-state index is -3.07. The first-order chi connectivity index (χ1) is 5.64. The molecule has 4 nitrogen and oxygen atoms in total. The van der Waals surface area contributed by atoms with E-state index >= 15 is 0 Å². The summed E-state index contributed by atoms with van der Waals surface area (Å²) in [7, 11) is -0.0631. The molecule has 1 heterocycles. The fraction of sp³-hybridized carbons (Fsp3) is 0.714. The normalized spacial score (nSPS) is 37.6. The van der Waals surface area contributed by atoms with Gasteiger partial charge in [-0.15, -0.1) is 6.42 Å². The topological polar surface area (TPSA) is 38.8 Å². The molecular formula is C7H12NO3P. The van der Waals surface area contributed by atoms with Crippen LogP contribution in [-0.4, -0.2) is 31.5 Å². The number of hydrogen-bond acceptors (Lipinski definition) is 3. The van der Waals surface area contributed by atoms with Crippen LogP contribution in [-0.2, 0) is 13.6 Å². The average molecular weight is 189 g/mol. The van der Waals surface area contributed by atoms with Gasteiger partial charge in [0.1, 0.15) is 0 Å². The molecule has 0 aromatic heterocycles. The van der Waals surface area contributed by atoms with Gasteiger partial charge < -0.3 is 0 Å². The summed E-state index contributed by atoms with van der Waals surface area (Å²) >= 11 is 0. The summed E-state index contributed by atoms with van der Waals surface area (Å²) < 4.78 is 23.0. The second-order valence-corrected chi connectivity index (χ2v) is 4.72. The van der Waals surface area contributed by atoms with Crippen molar-refractivity contribution in [2.45, 2.75) is 12.5 Å². The van der Waals surface area contributed by atoms with Crippen LogP contribution in [0.3, 0.4) is 0 Å². The first kappa shape index (κ1) is 9.76. The molecule has 0 spiro atoms. The lowest BCUT2D eigenvalue weighted by Gasteiger charge is -2.34. The van der Waals surface area contributed by atoms with Crippen molar-refractivity contribution < 1.29 is 13.6 Å². The summed E-state index contributed by atoms with van der Waals surface area (Å²) in [6.45, 7) is 0.393. The largest absolute Gasteiger partial charge is 0.408 e. The van der Waals surface area contributed by atoms with E-state index in [2.05, 4.69) is 5.92 Å². The van der Waals surface area contributed by atoms with Gasteiger partial charge in [-0.1, -0.05) is 5.92 Å².